The van der Waals surface area contributed by atoms with Crippen LogP contribution in [0.5, 0.6) is 11.5 Å². The van der Waals surface area contributed by atoms with Gasteiger partial charge in [-0.2, -0.15) is 10.2 Å². The predicted octanol–water partition coefficient (Wildman–Crippen LogP) is 5.11. The van der Waals surface area contributed by atoms with Gasteiger partial charge in [0.2, 0.25) is 0 Å². The maximum absolute atomic E-state index is 15.2. The van der Waals surface area contributed by atoms with Gasteiger partial charge in [-0.1, -0.05) is 0 Å². The van der Waals surface area contributed by atoms with Crippen LogP contribution in [0.1, 0.15) is 42.7 Å². The molecule has 1 amide bonds. The van der Waals surface area contributed by atoms with E-state index in [0.717, 1.165) is 61.4 Å². The highest BCUT2D eigenvalue weighted by atomic mass is 19.1. The van der Waals surface area contributed by atoms with Crippen molar-refractivity contribution in [1.82, 2.24) is 60.4 Å². The summed E-state index contributed by atoms with van der Waals surface area (Å²) in [5, 5.41) is 42.7. The summed E-state index contributed by atoms with van der Waals surface area (Å²) in [5.41, 5.74) is 5.05. The largest absolute Gasteiger partial charge is 0.507 e. The van der Waals surface area contributed by atoms with Crippen LogP contribution in [0.15, 0.2) is 61.1 Å². The van der Waals surface area contributed by atoms with E-state index in [1.165, 1.54) is 11.7 Å². The third kappa shape index (κ3) is 7.41. The number of nitrogens with one attached hydrogen (secondary N) is 3. The van der Waals surface area contributed by atoms with E-state index in [1.807, 2.05) is 56.6 Å². The number of benzene rings is 3. The number of aromatic hydroxyl groups is 2. The third-order valence-corrected chi connectivity index (χ3v) is 12.4. The Morgan fingerprint density at radius 1 is 0.766 bits per heavy atom. The summed E-state index contributed by atoms with van der Waals surface area (Å²) in [4.78, 5) is 41.7. The topological polar surface area (TPSA) is 200 Å². The first kappa shape index (κ1) is 41.0. The number of piperazine rings is 2. The first-order valence-electron chi connectivity index (χ1n) is 21.5. The molecule has 5 aromatic heterocycles. The maximum Gasteiger partial charge on any atom is 0.270 e. The second-order valence-corrected chi connectivity index (χ2v) is 17.3. The molecule has 0 aliphatic carbocycles. The lowest BCUT2D eigenvalue weighted by molar-refractivity contribution is 0.0960. The van der Waals surface area contributed by atoms with Gasteiger partial charge in [-0.25, -0.2) is 29.3 Å². The molecule has 0 bridgehead atoms. The van der Waals surface area contributed by atoms with Crippen molar-refractivity contribution in [1.29, 1.82) is 0 Å². The molecule has 0 saturated carbocycles. The summed E-state index contributed by atoms with van der Waals surface area (Å²) in [6.07, 6.45) is 7.16. The van der Waals surface area contributed by atoms with Gasteiger partial charge in [0.25, 0.3) is 5.91 Å². The highest BCUT2D eigenvalue weighted by Crippen LogP contribution is 2.38. The Kier molecular flexibility index (Phi) is 10.2. The molecule has 5 N–H and O–H groups in total. The number of halogens is 1. The summed E-state index contributed by atoms with van der Waals surface area (Å²) >= 11 is 0. The fourth-order valence-corrected chi connectivity index (χ4v) is 9.47. The third-order valence-electron chi connectivity index (χ3n) is 12.4. The molecule has 10 rings (SSSR count). The Morgan fingerprint density at radius 2 is 1.39 bits per heavy atom. The van der Waals surface area contributed by atoms with Gasteiger partial charge in [-0.15, -0.1) is 0 Å². The molecule has 0 radical (unpaired) electrons. The lowest BCUT2D eigenvalue weighted by Crippen LogP contribution is -2.58. The van der Waals surface area contributed by atoms with Crippen LogP contribution in [-0.4, -0.2) is 118 Å². The number of anilines is 2. The van der Waals surface area contributed by atoms with E-state index in [0.29, 0.717) is 44.3 Å². The lowest BCUT2D eigenvalue weighted by Gasteiger charge is -2.41. The second-order valence-electron chi connectivity index (χ2n) is 17.3. The van der Waals surface area contributed by atoms with Gasteiger partial charge in [0.05, 0.1) is 33.9 Å². The van der Waals surface area contributed by atoms with Crippen LogP contribution in [0.2, 0.25) is 0 Å². The molecule has 3 aromatic carbocycles. The standard InChI is InChI=1S/C46H49FN14O3/c1-23-17-60(30-9-10-34-31(15-30)41(46(64)48-4)55-45(53-34)33-14-27-20-59(6)57-40(27)38(47)43(33)63)21-28(50-23)7-8-29-22-61(18-24(2)51-29)37-12-11-35-36(52-37)16-49-44(54-35)32-13-26-19-58(5)56-39(26)25(3)42(32)62/h9-16,19-20,23-24,28-29,50-51,62-63H,7-8,17-18,21-22H2,1-6H3,(H,48,64)/t23-,24-,28+,29+/m1/s1. The Balaban J connectivity index is 0.841. The minimum Gasteiger partial charge on any atom is -0.507 e. The summed E-state index contributed by atoms with van der Waals surface area (Å²) in [6.45, 7) is 9.35. The molecule has 64 heavy (non-hydrogen) atoms. The van der Waals surface area contributed by atoms with Gasteiger partial charge < -0.3 is 36.0 Å². The van der Waals surface area contributed by atoms with E-state index < -0.39 is 17.5 Å². The molecular formula is C46H49FN14O3. The zero-order chi connectivity index (χ0) is 44.6. The van der Waals surface area contributed by atoms with Crippen LogP contribution in [0.25, 0.3) is 66.5 Å². The van der Waals surface area contributed by atoms with Crippen molar-refractivity contribution < 1.29 is 19.4 Å². The number of carbonyl (C=O) groups is 1. The molecule has 2 aliphatic rings. The van der Waals surface area contributed by atoms with Crippen molar-refractivity contribution in [3.8, 4) is 34.3 Å². The normalized spacial score (nSPS) is 19.4. The van der Waals surface area contributed by atoms with Gasteiger partial charge >= 0.3 is 0 Å². The molecule has 328 valence electrons. The molecule has 18 heteroatoms. The molecule has 0 unspecified atom stereocenters. The van der Waals surface area contributed by atoms with E-state index in [2.05, 4.69) is 59.8 Å². The van der Waals surface area contributed by atoms with Crippen LogP contribution in [-0.2, 0) is 14.1 Å². The van der Waals surface area contributed by atoms with Gasteiger partial charge in [0.15, 0.2) is 23.2 Å². The van der Waals surface area contributed by atoms with Gasteiger partial charge in [-0.3, -0.25) is 14.2 Å². The number of carbonyl (C=O) groups excluding carboxylic acids is 1. The summed E-state index contributed by atoms with van der Waals surface area (Å²) < 4.78 is 18.4. The number of rotatable bonds is 8. The number of hydrogen-bond acceptors (Lipinski definition) is 14. The van der Waals surface area contributed by atoms with E-state index >= 15 is 4.39 Å². The van der Waals surface area contributed by atoms with Gasteiger partial charge in [0.1, 0.15) is 28.3 Å². The average Bonchev–Trinajstić information content (AvgIpc) is 3.87. The quantitative estimate of drug-likeness (QED) is 0.135. The summed E-state index contributed by atoms with van der Waals surface area (Å²) in [7, 11) is 5.06. The smallest absolute Gasteiger partial charge is 0.270 e. The molecule has 4 atom stereocenters. The zero-order valence-electron chi connectivity index (χ0n) is 36.4. The van der Waals surface area contributed by atoms with Crippen molar-refractivity contribution in [2.75, 3.05) is 43.0 Å². The number of nitrogens with zero attached hydrogens (tertiary/aromatic N) is 11. The van der Waals surface area contributed by atoms with E-state index in [9.17, 15) is 15.0 Å². The number of pyridine rings is 1. The fourth-order valence-electron chi connectivity index (χ4n) is 9.47. The number of aromatic nitrogens is 9. The van der Waals surface area contributed by atoms with Crippen LogP contribution >= 0.6 is 0 Å². The predicted molar refractivity (Wildman–Crippen MR) is 244 cm³/mol. The minimum atomic E-state index is -0.871. The van der Waals surface area contributed by atoms with Crippen molar-refractivity contribution in [2.24, 2.45) is 14.1 Å². The molecule has 2 aliphatic heterocycles. The maximum atomic E-state index is 15.2. The van der Waals surface area contributed by atoms with Crippen LogP contribution in [0.3, 0.4) is 0 Å². The minimum absolute atomic E-state index is 0.0353. The van der Waals surface area contributed by atoms with E-state index in [1.54, 1.807) is 30.2 Å². The molecule has 2 saturated heterocycles. The Morgan fingerprint density at radius 3 is 2.11 bits per heavy atom. The van der Waals surface area contributed by atoms with Crippen LogP contribution in [0, 0.1) is 12.7 Å². The number of hydrogen-bond donors (Lipinski definition) is 5. The number of amides is 1. The van der Waals surface area contributed by atoms with Gasteiger partial charge in [0, 0.05) is 111 Å². The number of aryl methyl sites for hydroxylation is 3. The Bertz CT molecular complexity index is 3150. The van der Waals surface area contributed by atoms with Crippen LogP contribution < -0.4 is 25.8 Å². The molecule has 2 fully saturated rings. The van der Waals surface area contributed by atoms with Crippen molar-refractivity contribution in [3.05, 3.63) is 78.1 Å². The summed E-state index contributed by atoms with van der Waals surface area (Å²) in [5.74, 6) is -0.457. The fraction of sp³-hybridized carbons (Fsp3) is 0.348. The molecule has 17 nitrogen and oxygen atoms in total. The van der Waals surface area contributed by atoms with Crippen molar-refractivity contribution in [3.63, 3.8) is 0 Å². The molecular weight excluding hydrogens is 816 g/mol. The molecule has 8 aromatic rings. The second kappa shape index (κ2) is 15.9. The molecule has 0 spiro atoms. The monoisotopic (exact) mass is 864 g/mol. The zero-order valence-corrected chi connectivity index (χ0v) is 36.4. The van der Waals surface area contributed by atoms with Crippen molar-refractivity contribution >= 4 is 61.2 Å². The van der Waals surface area contributed by atoms with E-state index in [4.69, 9.17) is 15.0 Å². The first-order chi connectivity index (χ1) is 30.8. The number of fused-ring (bicyclic) bond motifs is 4. The summed E-state index contributed by atoms with van der Waals surface area (Å²) in [6, 6.07) is 14.1. The number of phenolic OH excluding ortho intramolecular Hbond substituents is 2. The highest BCUT2D eigenvalue weighted by Gasteiger charge is 2.30. The lowest BCUT2D eigenvalue weighted by atomic mass is 9.99. The Labute approximate surface area is 367 Å². The van der Waals surface area contributed by atoms with Crippen molar-refractivity contribution in [2.45, 2.75) is 57.8 Å². The average molecular weight is 865 g/mol. The van der Waals surface area contributed by atoms with E-state index in [-0.39, 0.29) is 52.5 Å². The van der Waals surface area contributed by atoms with Gasteiger partial charge in [-0.05, 0) is 76.1 Å². The van der Waals surface area contributed by atoms with Crippen LogP contribution in [0.4, 0.5) is 15.9 Å². The highest BCUT2D eigenvalue weighted by molar-refractivity contribution is 6.06. The Hall–Kier alpha value is -7.05. The first-order valence-corrected chi connectivity index (χ1v) is 21.5. The SMILES string of the molecule is CNC(=O)c1nc(-c2cc3cn(C)nc3c(F)c2O)nc2ccc(N3C[C@H](CC[C@H]4CN(c5ccc6nc(-c7cc8cn(C)nc8c(C)c7O)ncc6n5)C[C@@H](C)N4)N[C@H](C)C3)cc12. The number of phenols is 2. The molecule has 7 heterocycles.